The zero-order valence-corrected chi connectivity index (χ0v) is 21.4. The average Bonchev–Trinajstić information content (AvgIpc) is 2.69. The molecule has 0 radical (unpaired) electrons. The molecule has 30 heavy (non-hydrogen) atoms. The van der Waals surface area contributed by atoms with Crippen LogP contribution >= 0.6 is 24.0 Å². The van der Waals surface area contributed by atoms with Gasteiger partial charge >= 0.3 is 0 Å². The first kappa shape index (κ1) is 25.4. The highest BCUT2D eigenvalue weighted by molar-refractivity contribution is 14.0. The Kier molecular flexibility index (Phi) is 9.38. The van der Waals surface area contributed by atoms with E-state index in [-0.39, 0.29) is 29.7 Å². The van der Waals surface area contributed by atoms with Gasteiger partial charge in [-0.05, 0) is 31.9 Å². The summed E-state index contributed by atoms with van der Waals surface area (Å²) in [6, 6.07) is 8.61. The van der Waals surface area contributed by atoms with Crippen LogP contribution in [0.15, 0.2) is 29.3 Å². The van der Waals surface area contributed by atoms with Gasteiger partial charge < -0.3 is 15.0 Å². The Hall–Kier alpha value is -0.910. The molecule has 3 rings (SSSR count). The highest BCUT2D eigenvalue weighted by Crippen LogP contribution is 2.23. The maximum absolute atomic E-state index is 12.3. The molecule has 0 bridgehead atoms. The number of ether oxygens (including phenoxy) is 1. The molecule has 2 fully saturated rings. The van der Waals surface area contributed by atoms with Crippen molar-refractivity contribution < 1.29 is 13.2 Å². The summed E-state index contributed by atoms with van der Waals surface area (Å²) in [5.74, 6) is 0.952. The van der Waals surface area contributed by atoms with Gasteiger partial charge in [-0.1, -0.05) is 24.3 Å². The van der Waals surface area contributed by atoms with Gasteiger partial charge in [-0.2, -0.15) is 0 Å². The lowest BCUT2D eigenvalue weighted by Gasteiger charge is -2.39. The van der Waals surface area contributed by atoms with Crippen LogP contribution in [-0.4, -0.2) is 80.6 Å². The molecule has 0 spiro atoms. The summed E-state index contributed by atoms with van der Waals surface area (Å²) in [6.07, 6.45) is 0. The van der Waals surface area contributed by atoms with Crippen LogP contribution in [0.1, 0.15) is 31.9 Å². The third kappa shape index (κ3) is 6.54. The molecule has 0 saturated carbocycles. The third-order valence-corrected chi connectivity index (χ3v) is 8.16. The monoisotopic (exact) mass is 550 g/mol. The number of sulfone groups is 1. The predicted octanol–water partition coefficient (Wildman–Crippen LogP) is 2.11. The largest absolute Gasteiger partial charge is 0.379 e. The lowest BCUT2D eigenvalue weighted by molar-refractivity contribution is 0.0342. The van der Waals surface area contributed by atoms with Gasteiger partial charge in [-0.3, -0.25) is 4.90 Å². The number of benzene rings is 1. The first-order valence-electron chi connectivity index (χ1n) is 10.4. The number of halogens is 1. The molecule has 0 amide bonds. The molecule has 2 saturated heterocycles. The quantitative estimate of drug-likeness (QED) is 0.344. The van der Waals surface area contributed by atoms with Gasteiger partial charge in [0, 0.05) is 39.3 Å². The molecule has 0 aromatic heterocycles. The number of nitrogens with zero attached hydrogens (tertiary/aromatic N) is 3. The topological polar surface area (TPSA) is 74.2 Å². The van der Waals surface area contributed by atoms with Gasteiger partial charge in [-0.25, -0.2) is 13.4 Å². The summed E-state index contributed by atoms with van der Waals surface area (Å²) in [7, 11) is -3.06. The summed E-state index contributed by atoms with van der Waals surface area (Å²) in [6.45, 7) is 12.4. The molecule has 7 nitrogen and oxygen atoms in total. The molecule has 0 atom stereocenters. The fourth-order valence-corrected chi connectivity index (χ4v) is 5.05. The van der Waals surface area contributed by atoms with Gasteiger partial charge in [0.25, 0.3) is 0 Å². The van der Waals surface area contributed by atoms with Crippen molar-refractivity contribution in [3.63, 3.8) is 0 Å². The Morgan fingerprint density at radius 1 is 1.13 bits per heavy atom. The molecule has 2 aliphatic heterocycles. The first-order chi connectivity index (χ1) is 13.8. The Morgan fingerprint density at radius 3 is 2.37 bits per heavy atom. The molecule has 1 aromatic carbocycles. The van der Waals surface area contributed by atoms with Crippen molar-refractivity contribution in [2.45, 2.75) is 38.6 Å². The van der Waals surface area contributed by atoms with Crippen LogP contribution in [-0.2, 0) is 27.7 Å². The van der Waals surface area contributed by atoms with Gasteiger partial charge in [-0.15, -0.1) is 24.0 Å². The van der Waals surface area contributed by atoms with Crippen molar-refractivity contribution in [2.75, 3.05) is 51.7 Å². The molecule has 0 aliphatic carbocycles. The van der Waals surface area contributed by atoms with E-state index in [1.54, 1.807) is 13.8 Å². The maximum atomic E-state index is 12.3. The molecular formula is C21H35IN4O3S. The zero-order chi connectivity index (χ0) is 20.9. The van der Waals surface area contributed by atoms with Crippen molar-refractivity contribution in [3.05, 3.63) is 35.4 Å². The molecule has 9 heteroatoms. The minimum Gasteiger partial charge on any atom is -0.379 e. The van der Waals surface area contributed by atoms with E-state index in [1.807, 2.05) is 6.92 Å². The van der Waals surface area contributed by atoms with E-state index in [0.29, 0.717) is 19.6 Å². The Bertz CT molecular complexity index is 806. The van der Waals surface area contributed by atoms with E-state index in [0.717, 1.165) is 50.9 Å². The van der Waals surface area contributed by atoms with Crippen LogP contribution in [0.25, 0.3) is 0 Å². The molecule has 1 N–H and O–H groups in total. The second-order valence-electron chi connectivity index (χ2n) is 8.38. The van der Waals surface area contributed by atoms with Crippen molar-refractivity contribution in [2.24, 2.45) is 4.99 Å². The van der Waals surface area contributed by atoms with Crippen LogP contribution in [0.3, 0.4) is 0 Å². The van der Waals surface area contributed by atoms with Crippen LogP contribution < -0.4 is 5.32 Å². The van der Waals surface area contributed by atoms with Crippen LogP contribution in [0.2, 0.25) is 0 Å². The number of aliphatic imine (C=N–C) groups is 1. The Morgan fingerprint density at radius 2 is 1.77 bits per heavy atom. The molecule has 2 heterocycles. The lowest BCUT2D eigenvalue weighted by Crippen LogP contribution is -2.57. The summed E-state index contributed by atoms with van der Waals surface area (Å²) in [5, 5.41) is 3.32. The minimum absolute atomic E-state index is 0. The van der Waals surface area contributed by atoms with Crippen molar-refractivity contribution in [1.29, 1.82) is 0 Å². The van der Waals surface area contributed by atoms with Gasteiger partial charge in [0.05, 0.1) is 30.3 Å². The lowest BCUT2D eigenvalue weighted by atomic mass is 10.1. The Balaban J connectivity index is 0.00000320. The summed E-state index contributed by atoms with van der Waals surface area (Å²) < 4.78 is 29.2. The summed E-state index contributed by atoms with van der Waals surface area (Å²) in [5.41, 5.74) is 2.45. The van der Waals surface area contributed by atoms with Crippen LogP contribution in [0, 0.1) is 0 Å². The zero-order valence-electron chi connectivity index (χ0n) is 18.3. The van der Waals surface area contributed by atoms with Crippen molar-refractivity contribution in [3.8, 4) is 0 Å². The van der Waals surface area contributed by atoms with E-state index >= 15 is 0 Å². The third-order valence-electron chi connectivity index (χ3n) is 5.62. The second-order valence-corrected chi connectivity index (χ2v) is 11.1. The minimum atomic E-state index is -3.06. The van der Waals surface area contributed by atoms with Gasteiger partial charge in [0.2, 0.25) is 0 Å². The number of hydrogen-bond acceptors (Lipinski definition) is 5. The van der Waals surface area contributed by atoms with Crippen molar-refractivity contribution in [1.82, 2.24) is 15.1 Å². The molecular weight excluding hydrogens is 515 g/mol. The second kappa shape index (κ2) is 11.1. The molecule has 170 valence electrons. The summed E-state index contributed by atoms with van der Waals surface area (Å²) >= 11 is 0. The number of guanidine groups is 1. The number of nitrogens with one attached hydrogen (secondary N) is 1. The number of rotatable bonds is 5. The molecule has 1 aromatic rings. The standard InChI is InChI=1S/C21H34N4O3S.HI/c1-4-22-20(25-11-14-29(26,27)21(2,3)17-25)23-15-18-5-7-19(8-6-18)16-24-9-12-28-13-10-24;/h5-8H,4,9-17H2,1-3H3,(H,22,23);1H. The molecule has 2 aliphatic rings. The summed E-state index contributed by atoms with van der Waals surface area (Å²) in [4.78, 5) is 9.25. The fraction of sp³-hybridized carbons (Fsp3) is 0.667. The number of hydrogen-bond donors (Lipinski definition) is 1. The van der Waals surface area contributed by atoms with E-state index in [4.69, 9.17) is 9.73 Å². The van der Waals surface area contributed by atoms with E-state index < -0.39 is 14.6 Å². The maximum Gasteiger partial charge on any atom is 0.194 e. The molecule has 0 unspecified atom stereocenters. The van der Waals surface area contributed by atoms with Crippen LogP contribution in [0.5, 0.6) is 0 Å². The predicted molar refractivity (Wildman–Crippen MR) is 132 cm³/mol. The van der Waals surface area contributed by atoms with Gasteiger partial charge in [0.1, 0.15) is 0 Å². The van der Waals surface area contributed by atoms with Crippen molar-refractivity contribution >= 4 is 39.8 Å². The average molecular weight is 551 g/mol. The first-order valence-corrected chi connectivity index (χ1v) is 12.1. The highest BCUT2D eigenvalue weighted by atomic mass is 127. The highest BCUT2D eigenvalue weighted by Gasteiger charge is 2.40. The van der Waals surface area contributed by atoms with E-state index in [9.17, 15) is 8.42 Å². The SMILES string of the molecule is CCNC(=NCc1ccc(CN2CCOCC2)cc1)N1CCS(=O)(=O)C(C)(C)C1.I. The normalized spacial score (nSPS) is 21.7. The van der Waals surface area contributed by atoms with E-state index in [1.165, 1.54) is 5.56 Å². The van der Waals surface area contributed by atoms with Crippen LogP contribution in [0.4, 0.5) is 0 Å². The number of morpholine rings is 1. The van der Waals surface area contributed by atoms with Gasteiger partial charge in [0.15, 0.2) is 15.8 Å². The van der Waals surface area contributed by atoms with E-state index in [2.05, 4.69) is 39.4 Å². The smallest absolute Gasteiger partial charge is 0.194 e. The Labute approximate surface area is 198 Å². The fourth-order valence-electron chi connectivity index (χ4n) is 3.68.